The summed E-state index contributed by atoms with van der Waals surface area (Å²) in [6, 6.07) is 10.4. The third-order valence-electron chi connectivity index (χ3n) is 4.00. The summed E-state index contributed by atoms with van der Waals surface area (Å²) >= 11 is 3.17. The lowest BCUT2D eigenvalue weighted by atomic mass is 10.2. The van der Waals surface area contributed by atoms with E-state index in [9.17, 15) is 0 Å². The van der Waals surface area contributed by atoms with Crippen molar-refractivity contribution in [3.8, 4) is 5.69 Å². The van der Waals surface area contributed by atoms with E-state index in [-0.39, 0.29) is 0 Å². The molecule has 0 unspecified atom stereocenters. The Bertz CT molecular complexity index is 1050. The minimum Gasteiger partial charge on any atom is -0.416 e. The van der Waals surface area contributed by atoms with Crippen LogP contribution in [0.5, 0.6) is 0 Å². The molecule has 0 atom stereocenters. The molecule has 3 heterocycles. The van der Waals surface area contributed by atoms with Crippen LogP contribution in [0.15, 0.2) is 45.4 Å². The Morgan fingerprint density at radius 3 is 2.59 bits per heavy atom. The minimum absolute atomic E-state index is 0.579. The molecule has 1 aromatic carbocycles. The number of aromatic nitrogens is 5. The van der Waals surface area contributed by atoms with Gasteiger partial charge in [0.2, 0.25) is 5.89 Å². The van der Waals surface area contributed by atoms with Gasteiger partial charge in [-0.3, -0.25) is 0 Å². The van der Waals surface area contributed by atoms with Crippen molar-refractivity contribution in [1.29, 1.82) is 0 Å². The van der Waals surface area contributed by atoms with Crippen LogP contribution in [0.3, 0.4) is 0 Å². The Kier molecular flexibility index (Phi) is 5.09. The Morgan fingerprint density at radius 1 is 1.11 bits per heavy atom. The van der Waals surface area contributed by atoms with Gasteiger partial charge in [0, 0.05) is 16.8 Å². The molecule has 0 spiro atoms. The third kappa shape index (κ3) is 4.28. The van der Waals surface area contributed by atoms with Crippen LogP contribution >= 0.6 is 23.1 Å². The first kappa shape index (κ1) is 17.9. The van der Waals surface area contributed by atoms with Crippen molar-refractivity contribution in [3.05, 3.63) is 69.3 Å². The number of benzene rings is 1. The van der Waals surface area contributed by atoms with Crippen molar-refractivity contribution >= 4 is 23.1 Å². The smallest absolute Gasteiger partial charge is 0.276 e. The van der Waals surface area contributed by atoms with Gasteiger partial charge >= 0.3 is 0 Å². The molecular weight excluding hydrogens is 378 g/mol. The van der Waals surface area contributed by atoms with E-state index in [0.29, 0.717) is 17.5 Å². The first-order valence-electron chi connectivity index (χ1n) is 8.55. The van der Waals surface area contributed by atoms with Gasteiger partial charge in [-0.15, -0.1) is 21.5 Å². The van der Waals surface area contributed by atoms with Gasteiger partial charge in [0.1, 0.15) is 0 Å². The van der Waals surface area contributed by atoms with Gasteiger partial charge in [0.15, 0.2) is 0 Å². The highest BCUT2D eigenvalue weighted by atomic mass is 32.2. The van der Waals surface area contributed by atoms with Crippen molar-refractivity contribution in [2.45, 2.75) is 38.2 Å². The van der Waals surface area contributed by atoms with Gasteiger partial charge in [-0.2, -0.15) is 5.10 Å². The summed E-state index contributed by atoms with van der Waals surface area (Å²) in [5.74, 6) is 1.37. The second-order valence-corrected chi connectivity index (χ2v) is 8.28. The monoisotopic (exact) mass is 397 g/mol. The molecule has 0 saturated carbocycles. The third-order valence-corrected chi connectivity index (χ3v) is 5.71. The predicted octanol–water partition coefficient (Wildman–Crippen LogP) is 4.52. The molecule has 0 N–H and O–H groups in total. The zero-order valence-corrected chi connectivity index (χ0v) is 17.0. The predicted molar refractivity (Wildman–Crippen MR) is 107 cm³/mol. The molecular formula is C19H19N5OS2. The van der Waals surface area contributed by atoms with Gasteiger partial charge in [0.25, 0.3) is 5.22 Å². The number of thioether (sulfide) groups is 1. The molecule has 0 saturated heterocycles. The molecule has 4 rings (SSSR count). The standard InChI is InChI=1S/C19H19N5OS2/c1-12-8-13(2)24(23-12)17-6-4-15(5-7-17)10-27-19-22-21-18(25-19)9-16-11-26-14(3)20-16/h4-8,11H,9-10H2,1-3H3. The number of hydrogen-bond acceptors (Lipinski definition) is 7. The fraction of sp³-hybridized carbons (Fsp3) is 0.263. The maximum atomic E-state index is 5.72. The summed E-state index contributed by atoms with van der Waals surface area (Å²) in [6.45, 7) is 6.05. The van der Waals surface area contributed by atoms with Crippen molar-refractivity contribution in [2.24, 2.45) is 0 Å². The summed E-state index contributed by atoms with van der Waals surface area (Å²) in [5, 5.41) is 16.4. The van der Waals surface area contributed by atoms with E-state index in [1.54, 1.807) is 11.3 Å². The second kappa shape index (κ2) is 7.66. The molecule has 4 aromatic rings. The Balaban J connectivity index is 1.37. The fourth-order valence-corrected chi connectivity index (χ4v) is 4.13. The average molecular weight is 398 g/mol. The van der Waals surface area contributed by atoms with Gasteiger partial charge < -0.3 is 4.42 Å². The number of thiazole rings is 1. The van der Waals surface area contributed by atoms with Crippen LogP contribution in [0, 0.1) is 20.8 Å². The molecule has 0 aliphatic rings. The lowest BCUT2D eigenvalue weighted by Gasteiger charge is -2.05. The van der Waals surface area contributed by atoms with Crippen molar-refractivity contribution in [2.75, 3.05) is 0 Å². The zero-order valence-electron chi connectivity index (χ0n) is 15.3. The van der Waals surface area contributed by atoms with E-state index in [2.05, 4.69) is 57.5 Å². The van der Waals surface area contributed by atoms with Crippen LogP contribution < -0.4 is 0 Å². The molecule has 0 aliphatic carbocycles. The Morgan fingerprint density at radius 2 is 1.93 bits per heavy atom. The summed E-state index contributed by atoms with van der Waals surface area (Å²) in [4.78, 5) is 4.43. The van der Waals surface area contributed by atoms with Crippen LogP contribution in [0.25, 0.3) is 5.69 Å². The molecule has 0 aliphatic heterocycles. The molecule has 0 amide bonds. The highest BCUT2D eigenvalue weighted by Crippen LogP contribution is 2.23. The van der Waals surface area contributed by atoms with E-state index in [1.165, 1.54) is 17.3 Å². The molecule has 138 valence electrons. The lowest BCUT2D eigenvalue weighted by Crippen LogP contribution is -1.98. The molecule has 6 nitrogen and oxygen atoms in total. The maximum Gasteiger partial charge on any atom is 0.276 e. The first-order valence-corrected chi connectivity index (χ1v) is 10.4. The maximum absolute atomic E-state index is 5.72. The van der Waals surface area contributed by atoms with Crippen LogP contribution in [-0.2, 0) is 12.2 Å². The number of aryl methyl sites for hydroxylation is 3. The molecule has 27 heavy (non-hydrogen) atoms. The Labute approximate surface area is 165 Å². The van der Waals surface area contributed by atoms with Gasteiger partial charge in [-0.05, 0) is 44.5 Å². The van der Waals surface area contributed by atoms with Gasteiger partial charge in [-0.25, -0.2) is 9.67 Å². The summed E-state index contributed by atoms with van der Waals surface area (Å²) < 4.78 is 7.68. The van der Waals surface area contributed by atoms with E-state index in [4.69, 9.17) is 4.42 Å². The Hall–Kier alpha value is -2.45. The lowest BCUT2D eigenvalue weighted by molar-refractivity contribution is 0.419. The normalized spacial score (nSPS) is 11.2. The van der Waals surface area contributed by atoms with E-state index < -0.39 is 0 Å². The molecule has 3 aromatic heterocycles. The summed E-state index contributed by atoms with van der Waals surface area (Å²) in [6.07, 6.45) is 0.579. The van der Waals surface area contributed by atoms with Crippen LogP contribution in [0.2, 0.25) is 0 Å². The molecule has 0 radical (unpaired) electrons. The number of rotatable bonds is 6. The first-order chi connectivity index (χ1) is 13.1. The topological polar surface area (TPSA) is 69.6 Å². The van der Waals surface area contributed by atoms with Crippen molar-refractivity contribution in [3.63, 3.8) is 0 Å². The quantitative estimate of drug-likeness (QED) is 0.446. The highest BCUT2D eigenvalue weighted by molar-refractivity contribution is 7.98. The van der Waals surface area contributed by atoms with Crippen LogP contribution in [0.4, 0.5) is 0 Å². The molecule has 8 heteroatoms. The van der Waals surface area contributed by atoms with E-state index >= 15 is 0 Å². The van der Waals surface area contributed by atoms with E-state index in [1.807, 2.05) is 23.9 Å². The summed E-state index contributed by atoms with van der Waals surface area (Å²) in [7, 11) is 0. The molecule has 0 fully saturated rings. The van der Waals surface area contributed by atoms with Crippen LogP contribution in [0.1, 0.15) is 33.5 Å². The highest BCUT2D eigenvalue weighted by Gasteiger charge is 2.10. The van der Waals surface area contributed by atoms with Gasteiger partial charge in [-0.1, -0.05) is 23.9 Å². The second-order valence-electron chi connectivity index (χ2n) is 6.29. The van der Waals surface area contributed by atoms with E-state index in [0.717, 1.165) is 33.5 Å². The SMILES string of the molecule is Cc1cc(C)n(-c2ccc(CSc3nnc(Cc4csc(C)n4)o3)cc2)n1. The minimum atomic E-state index is 0.579. The average Bonchev–Trinajstić information content (AvgIpc) is 3.35. The van der Waals surface area contributed by atoms with Gasteiger partial charge in [0.05, 0.1) is 28.5 Å². The number of nitrogens with zero attached hydrogens (tertiary/aromatic N) is 5. The fourth-order valence-electron chi connectivity index (χ4n) is 2.78. The zero-order chi connectivity index (χ0) is 18.8. The largest absolute Gasteiger partial charge is 0.416 e. The molecule has 0 bridgehead atoms. The number of hydrogen-bond donors (Lipinski definition) is 0. The van der Waals surface area contributed by atoms with Crippen molar-refractivity contribution < 1.29 is 4.42 Å². The van der Waals surface area contributed by atoms with Crippen LogP contribution in [-0.4, -0.2) is 25.0 Å². The summed E-state index contributed by atoms with van der Waals surface area (Å²) in [5.41, 5.74) is 5.38. The van der Waals surface area contributed by atoms with Crippen molar-refractivity contribution in [1.82, 2.24) is 25.0 Å².